The number of benzene rings is 1. The number of ether oxygens (including phenoxy) is 1. The Balaban J connectivity index is 1.25. The minimum atomic E-state index is 0.453. The first-order valence-electron chi connectivity index (χ1n) is 12.7. The normalized spacial score (nSPS) is 15.4. The van der Waals surface area contributed by atoms with Crippen LogP contribution in [-0.2, 0) is 6.54 Å². The van der Waals surface area contributed by atoms with Crippen LogP contribution in [0.3, 0.4) is 0 Å². The molecule has 2 N–H and O–H groups in total. The summed E-state index contributed by atoms with van der Waals surface area (Å²) in [7, 11) is 0. The maximum absolute atomic E-state index is 6.20. The van der Waals surface area contributed by atoms with Crippen molar-refractivity contribution in [3.05, 3.63) is 48.9 Å². The van der Waals surface area contributed by atoms with E-state index in [1.54, 1.807) is 17.5 Å². The molecule has 0 unspecified atom stereocenters. The molecule has 35 heavy (non-hydrogen) atoms. The first kappa shape index (κ1) is 23.8. The zero-order chi connectivity index (χ0) is 24.0. The van der Waals surface area contributed by atoms with E-state index >= 15 is 0 Å². The quantitative estimate of drug-likeness (QED) is 0.253. The number of rotatable bonds is 10. The second-order valence-corrected chi connectivity index (χ2v) is 10.3. The molecule has 0 amide bonds. The molecule has 1 fully saturated rings. The van der Waals surface area contributed by atoms with Crippen molar-refractivity contribution in [2.45, 2.75) is 58.5 Å². The Morgan fingerprint density at radius 2 is 2.00 bits per heavy atom. The van der Waals surface area contributed by atoms with Gasteiger partial charge in [0.1, 0.15) is 11.5 Å². The number of aromatic nitrogens is 4. The highest BCUT2D eigenvalue weighted by atomic mass is 32.1. The molecular weight excluding hydrogens is 456 g/mol. The van der Waals surface area contributed by atoms with Crippen molar-refractivity contribution in [3.63, 3.8) is 0 Å². The van der Waals surface area contributed by atoms with Crippen molar-refractivity contribution in [1.29, 1.82) is 0 Å². The lowest BCUT2D eigenvalue weighted by Crippen LogP contribution is -2.27. The molecule has 8 heteroatoms. The van der Waals surface area contributed by atoms with E-state index in [1.165, 1.54) is 32.1 Å². The van der Waals surface area contributed by atoms with Gasteiger partial charge in [0.05, 0.1) is 28.7 Å². The van der Waals surface area contributed by atoms with E-state index in [4.69, 9.17) is 9.72 Å². The second-order valence-electron chi connectivity index (χ2n) is 9.30. The summed E-state index contributed by atoms with van der Waals surface area (Å²) in [5.74, 6) is 2.30. The van der Waals surface area contributed by atoms with Crippen molar-refractivity contribution in [1.82, 2.24) is 25.1 Å². The molecule has 4 aromatic rings. The predicted octanol–water partition coefficient (Wildman–Crippen LogP) is 6.34. The molecule has 1 aliphatic rings. The minimum Gasteiger partial charge on any atom is -0.457 e. The molecule has 1 saturated carbocycles. The number of anilines is 1. The van der Waals surface area contributed by atoms with Gasteiger partial charge in [0, 0.05) is 42.7 Å². The number of likely N-dealkylation sites (N-methyl/N-ethyl adjacent to an activating group) is 1. The molecule has 0 radical (unpaired) electrons. The molecule has 0 bridgehead atoms. The summed E-state index contributed by atoms with van der Waals surface area (Å²) in [6.07, 6.45) is 12.4. The number of thiazole rings is 1. The molecular formula is C27H34N6OS. The Bertz CT molecular complexity index is 1250. The Hall–Kier alpha value is -2.97. The zero-order valence-corrected chi connectivity index (χ0v) is 21.4. The monoisotopic (exact) mass is 490 g/mol. The van der Waals surface area contributed by atoms with Crippen molar-refractivity contribution in [3.8, 4) is 22.8 Å². The number of hydrogen-bond acceptors (Lipinski definition) is 7. The number of nitrogens with zero attached hydrogens (tertiary/aromatic N) is 4. The summed E-state index contributed by atoms with van der Waals surface area (Å²) in [6.45, 7) is 7.08. The van der Waals surface area contributed by atoms with Crippen molar-refractivity contribution >= 4 is 26.7 Å². The number of pyridine rings is 1. The largest absolute Gasteiger partial charge is 0.457 e. The Labute approximate surface area is 211 Å². The van der Waals surface area contributed by atoms with Crippen LogP contribution in [-0.4, -0.2) is 38.9 Å². The van der Waals surface area contributed by atoms with Crippen LogP contribution < -0.4 is 15.4 Å². The molecule has 184 valence electrons. The summed E-state index contributed by atoms with van der Waals surface area (Å²) in [6, 6.07) is 10.4. The second kappa shape index (κ2) is 11.2. The summed E-state index contributed by atoms with van der Waals surface area (Å²) in [4.78, 5) is 9.32. The van der Waals surface area contributed by atoms with Crippen LogP contribution in [0.1, 0.15) is 46.0 Å². The minimum absolute atomic E-state index is 0.453. The van der Waals surface area contributed by atoms with Gasteiger partial charge in [-0.1, -0.05) is 37.5 Å². The Morgan fingerprint density at radius 1 is 1.14 bits per heavy atom. The molecule has 0 aliphatic heterocycles. The predicted molar refractivity (Wildman–Crippen MR) is 143 cm³/mol. The highest BCUT2D eigenvalue weighted by molar-refractivity contribution is 7.22. The zero-order valence-electron chi connectivity index (χ0n) is 20.5. The van der Waals surface area contributed by atoms with Crippen LogP contribution >= 0.6 is 11.3 Å². The maximum atomic E-state index is 6.20. The Morgan fingerprint density at radius 3 is 2.86 bits per heavy atom. The Kier molecular flexibility index (Phi) is 7.59. The van der Waals surface area contributed by atoms with E-state index < -0.39 is 0 Å². The topological polar surface area (TPSA) is 76.9 Å². The lowest BCUT2D eigenvalue weighted by molar-refractivity contribution is 0.328. The van der Waals surface area contributed by atoms with Crippen LogP contribution in [0.25, 0.3) is 21.5 Å². The van der Waals surface area contributed by atoms with Gasteiger partial charge in [0.25, 0.3) is 0 Å². The van der Waals surface area contributed by atoms with E-state index in [2.05, 4.69) is 40.6 Å². The van der Waals surface area contributed by atoms with Crippen LogP contribution in [0.15, 0.2) is 48.9 Å². The van der Waals surface area contributed by atoms with Gasteiger partial charge in [-0.2, -0.15) is 5.10 Å². The molecule has 3 heterocycles. The summed E-state index contributed by atoms with van der Waals surface area (Å²) in [5, 5.41) is 12.4. The molecule has 0 saturated heterocycles. The third-order valence-corrected chi connectivity index (χ3v) is 7.68. The molecule has 3 aromatic heterocycles. The van der Waals surface area contributed by atoms with Gasteiger partial charge < -0.3 is 15.4 Å². The summed E-state index contributed by atoms with van der Waals surface area (Å²) >= 11 is 1.69. The molecule has 5 rings (SSSR count). The van der Waals surface area contributed by atoms with Crippen LogP contribution in [0.4, 0.5) is 5.13 Å². The van der Waals surface area contributed by atoms with Gasteiger partial charge >= 0.3 is 0 Å². The average Bonchev–Trinajstić information content (AvgIpc) is 3.51. The van der Waals surface area contributed by atoms with Gasteiger partial charge in [-0.15, -0.1) is 0 Å². The average molecular weight is 491 g/mol. The van der Waals surface area contributed by atoms with Gasteiger partial charge in [-0.3, -0.25) is 9.67 Å². The number of hydrogen-bond donors (Lipinski definition) is 2. The summed E-state index contributed by atoms with van der Waals surface area (Å²) in [5.41, 5.74) is 2.83. The lowest BCUT2D eigenvalue weighted by Gasteiger charge is -2.28. The van der Waals surface area contributed by atoms with Crippen LogP contribution in [0, 0.1) is 5.92 Å². The fourth-order valence-corrected chi connectivity index (χ4v) is 5.72. The van der Waals surface area contributed by atoms with E-state index in [0.29, 0.717) is 6.04 Å². The van der Waals surface area contributed by atoms with E-state index in [-0.39, 0.29) is 0 Å². The number of fused-ring (bicyclic) bond motifs is 1. The molecule has 1 aromatic carbocycles. The lowest BCUT2D eigenvalue weighted by atomic mass is 9.85. The van der Waals surface area contributed by atoms with Gasteiger partial charge in [0.2, 0.25) is 0 Å². The smallest absolute Gasteiger partial charge is 0.184 e. The van der Waals surface area contributed by atoms with Crippen molar-refractivity contribution < 1.29 is 4.74 Å². The fraction of sp³-hybridized carbons (Fsp3) is 0.444. The summed E-state index contributed by atoms with van der Waals surface area (Å²) < 4.78 is 9.26. The fourth-order valence-electron chi connectivity index (χ4n) is 4.73. The van der Waals surface area contributed by atoms with Gasteiger partial charge in [0.15, 0.2) is 5.13 Å². The van der Waals surface area contributed by atoms with Crippen LogP contribution in [0.2, 0.25) is 0 Å². The van der Waals surface area contributed by atoms with Crippen molar-refractivity contribution in [2.75, 3.05) is 18.4 Å². The van der Waals surface area contributed by atoms with E-state index in [9.17, 15) is 0 Å². The first-order chi connectivity index (χ1) is 17.2. The number of nitrogens with one attached hydrogen (secondary N) is 2. The van der Waals surface area contributed by atoms with E-state index in [0.717, 1.165) is 63.7 Å². The van der Waals surface area contributed by atoms with Gasteiger partial charge in [-0.05, 0) is 50.4 Å². The van der Waals surface area contributed by atoms with Gasteiger partial charge in [-0.25, -0.2) is 4.98 Å². The molecule has 1 atom stereocenters. The third kappa shape index (κ3) is 6.00. The highest BCUT2D eigenvalue weighted by Gasteiger charge is 2.21. The molecule has 0 spiro atoms. The van der Waals surface area contributed by atoms with E-state index in [1.807, 2.05) is 41.3 Å². The SMILES string of the molecule is CCNCCn1cc(-c2cc(Oc3ccc4nc(N[C@@H](C)C5CCCCC5)sc4c3)ccn2)cn1. The highest BCUT2D eigenvalue weighted by Crippen LogP contribution is 2.34. The standard InChI is InChI=1S/C27H34N6OS/c1-3-28-13-14-33-18-21(17-30-33)25-15-23(11-12-29-25)34-22-9-10-24-26(16-22)35-27(32-24)31-19(2)20-7-5-4-6-8-20/h9-12,15-20,28H,3-8,13-14H2,1-2H3,(H,31,32)/t19-/m0/s1. The van der Waals surface area contributed by atoms with Crippen LogP contribution in [0.5, 0.6) is 11.5 Å². The molecule has 1 aliphatic carbocycles. The molecule has 7 nitrogen and oxygen atoms in total. The van der Waals surface area contributed by atoms with Crippen molar-refractivity contribution in [2.24, 2.45) is 5.92 Å². The third-order valence-electron chi connectivity index (χ3n) is 6.73. The first-order valence-corrected chi connectivity index (χ1v) is 13.5. The maximum Gasteiger partial charge on any atom is 0.184 e.